The summed E-state index contributed by atoms with van der Waals surface area (Å²) in [5, 5.41) is 0. The van der Waals surface area contributed by atoms with Gasteiger partial charge in [-0.05, 0) is 48.0 Å². The van der Waals surface area contributed by atoms with Crippen molar-refractivity contribution in [2.45, 2.75) is 150 Å². The van der Waals surface area contributed by atoms with Crippen molar-refractivity contribution < 1.29 is 18.1 Å². The van der Waals surface area contributed by atoms with Gasteiger partial charge in [-0.3, -0.25) is 13.6 Å². The molecule has 4 nitrogen and oxygen atoms in total. The van der Waals surface area contributed by atoms with Gasteiger partial charge in [0.15, 0.2) is 0 Å². The van der Waals surface area contributed by atoms with E-state index < -0.39 is 19.0 Å². The SMILES string of the molecule is CCCCCCCCCCCCCCCCOP(=O)(OC(C)(C)C)OC(C)(C)C. The summed E-state index contributed by atoms with van der Waals surface area (Å²) in [5.74, 6) is 0. The molecule has 29 heavy (non-hydrogen) atoms. The van der Waals surface area contributed by atoms with Crippen LogP contribution in [0.4, 0.5) is 0 Å². The quantitative estimate of drug-likeness (QED) is 0.159. The lowest BCUT2D eigenvalue weighted by atomic mass is 10.0. The Morgan fingerprint density at radius 2 is 0.862 bits per heavy atom. The molecule has 0 aromatic carbocycles. The van der Waals surface area contributed by atoms with Crippen LogP contribution < -0.4 is 0 Å². The van der Waals surface area contributed by atoms with Gasteiger partial charge in [-0.2, -0.15) is 0 Å². The summed E-state index contributed by atoms with van der Waals surface area (Å²) in [6.07, 6.45) is 18.4. The molecule has 5 heteroatoms. The van der Waals surface area contributed by atoms with Gasteiger partial charge in [0.05, 0.1) is 17.8 Å². The van der Waals surface area contributed by atoms with Crippen LogP contribution in [-0.2, 0) is 18.1 Å². The minimum absolute atomic E-state index is 0.418. The zero-order valence-corrected chi connectivity index (χ0v) is 21.6. The van der Waals surface area contributed by atoms with Crippen LogP contribution in [0.25, 0.3) is 0 Å². The Labute approximate surface area is 182 Å². The van der Waals surface area contributed by atoms with Crippen LogP contribution in [0, 0.1) is 0 Å². The Balaban J connectivity index is 3.72. The van der Waals surface area contributed by atoms with Gasteiger partial charge in [0.25, 0.3) is 0 Å². The van der Waals surface area contributed by atoms with Crippen LogP contribution in [0.2, 0.25) is 0 Å². The van der Waals surface area contributed by atoms with E-state index in [4.69, 9.17) is 13.6 Å². The Morgan fingerprint density at radius 1 is 0.552 bits per heavy atom. The van der Waals surface area contributed by atoms with Gasteiger partial charge in [-0.1, -0.05) is 90.4 Å². The summed E-state index contributed by atoms with van der Waals surface area (Å²) in [5.41, 5.74) is -1.15. The average Bonchev–Trinajstić information content (AvgIpc) is 2.54. The monoisotopic (exact) mass is 434 g/mol. The van der Waals surface area contributed by atoms with Crippen LogP contribution in [0.15, 0.2) is 0 Å². The van der Waals surface area contributed by atoms with Crippen molar-refractivity contribution in [2.75, 3.05) is 6.61 Å². The molecule has 0 N–H and O–H groups in total. The summed E-state index contributed by atoms with van der Waals surface area (Å²) >= 11 is 0. The van der Waals surface area contributed by atoms with E-state index in [9.17, 15) is 4.57 Å². The maximum Gasteiger partial charge on any atom is 0.475 e. The number of hydrogen-bond acceptors (Lipinski definition) is 4. The predicted octanol–water partition coefficient (Wildman–Crippen LogP) is 9.22. The Morgan fingerprint density at radius 3 is 1.17 bits per heavy atom. The third-order valence-corrected chi connectivity index (χ3v) is 6.56. The van der Waals surface area contributed by atoms with E-state index in [2.05, 4.69) is 6.92 Å². The van der Waals surface area contributed by atoms with Crippen molar-refractivity contribution in [1.29, 1.82) is 0 Å². The van der Waals surface area contributed by atoms with E-state index in [1.54, 1.807) is 0 Å². The van der Waals surface area contributed by atoms with Gasteiger partial charge in [0.2, 0.25) is 0 Å². The highest BCUT2D eigenvalue weighted by molar-refractivity contribution is 7.48. The topological polar surface area (TPSA) is 44.8 Å². The summed E-state index contributed by atoms with van der Waals surface area (Å²) < 4.78 is 29.8. The fraction of sp³-hybridized carbons (Fsp3) is 1.00. The molecule has 0 saturated carbocycles. The molecule has 0 fully saturated rings. The molecule has 0 saturated heterocycles. The lowest BCUT2D eigenvalue weighted by Crippen LogP contribution is -2.24. The predicted molar refractivity (Wildman–Crippen MR) is 126 cm³/mol. The highest BCUT2D eigenvalue weighted by Gasteiger charge is 2.36. The van der Waals surface area contributed by atoms with E-state index >= 15 is 0 Å². The summed E-state index contributed by atoms with van der Waals surface area (Å²) in [7, 11) is -3.55. The zero-order valence-electron chi connectivity index (χ0n) is 20.7. The number of hydrogen-bond donors (Lipinski definition) is 0. The lowest BCUT2D eigenvalue weighted by molar-refractivity contribution is 0.00298. The summed E-state index contributed by atoms with van der Waals surface area (Å²) in [6, 6.07) is 0. The molecule has 0 atom stereocenters. The smallest absolute Gasteiger partial charge is 0.287 e. The third kappa shape index (κ3) is 21.1. The maximum absolute atomic E-state index is 12.9. The number of unbranched alkanes of at least 4 members (excludes halogenated alkanes) is 13. The van der Waals surface area contributed by atoms with Gasteiger partial charge < -0.3 is 0 Å². The van der Waals surface area contributed by atoms with Crippen molar-refractivity contribution in [3.63, 3.8) is 0 Å². The molecule has 0 rings (SSSR count). The van der Waals surface area contributed by atoms with Crippen molar-refractivity contribution in [3.05, 3.63) is 0 Å². The lowest BCUT2D eigenvalue weighted by Gasteiger charge is -2.30. The first kappa shape index (κ1) is 29.1. The molecule has 0 aliphatic rings. The van der Waals surface area contributed by atoms with Gasteiger partial charge >= 0.3 is 7.82 Å². The molecule has 0 aromatic heterocycles. The van der Waals surface area contributed by atoms with Crippen LogP contribution in [-0.4, -0.2) is 17.8 Å². The molecule has 0 bridgehead atoms. The largest absolute Gasteiger partial charge is 0.475 e. The van der Waals surface area contributed by atoms with Crippen molar-refractivity contribution in [1.82, 2.24) is 0 Å². The maximum atomic E-state index is 12.9. The minimum Gasteiger partial charge on any atom is -0.287 e. The Hall–Kier alpha value is 0.110. The van der Waals surface area contributed by atoms with Crippen LogP contribution >= 0.6 is 7.82 Å². The van der Waals surface area contributed by atoms with Crippen LogP contribution in [0.5, 0.6) is 0 Å². The first-order chi connectivity index (χ1) is 13.5. The molecular formula is C24H51O4P. The Bertz CT molecular complexity index is 404. The third-order valence-electron chi connectivity index (χ3n) is 4.52. The molecule has 0 spiro atoms. The van der Waals surface area contributed by atoms with Gasteiger partial charge in [0.1, 0.15) is 0 Å². The molecule has 176 valence electrons. The van der Waals surface area contributed by atoms with Gasteiger partial charge in [0, 0.05) is 0 Å². The van der Waals surface area contributed by atoms with E-state index in [0.717, 1.165) is 12.8 Å². The first-order valence-electron chi connectivity index (χ1n) is 12.1. The molecule has 0 aliphatic carbocycles. The molecule has 0 radical (unpaired) electrons. The highest BCUT2D eigenvalue weighted by Crippen LogP contribution is 2.55. The van der Waals surface area contributed by atoms with Crippen molar-refractivity contribution in [3.8, 4) is 0 Å². The highest BCUT2D eigenvalue weighted by atomic mass is 31.2. The molecule has 0 aromatic rings. The van der Waals surface area contributed by atoms with E-state index in [1.807, 2.05) is 41.5 Å². The molecule has 0 heterocycles. The van der Waals surface area contributed by atoms with E-state index in [1.165, 1.54) is 77.0 Å². The van der Waals surface area contributed by atoms with Crippen molar-refractivity contribution in [2.24, 2.45) is 0 Å². The van der Waals surface area contributed by atoms with Gasteiger partial charge in [-0.15, -0.1) is 0 Å². The van der Waals surface area contributed by atoms with Crippen LogP contribution in [0.1, 0.15) is 138 Å². The number of rotatable bonds is 18. The van der Waals surface area contributed by atoms with Crippen molar-refractivity contribution >= 4 is 7.82 Å². The molecular weight excluding hydrogens is 383 g/mol. The standard InChI is InChI=1S/C24H51O4P/c1-8-9-10-11-12-13-14-15-16-17-18-19-20-21-22-26-29(25,27-23(2,3)4)28-24(5,6)7/h8-22H2,1-7H3. The van der Waals surface area contributed by atoms with E-state index in [0.29, 0.717) is 6.61 Å². The Kier molecular flexibility index (Phi) is 15.9. The fourth-order valence-electron chi connectivity index (χ4n) is 3.22. The molecule has 0 unspecified atom stereocenters. The van der Waals surface area contributed by atoms with Gasteiger partial charge in [-0.25, -0.2) is 4.57 Å². The second-order valence-corrected chi connectivity index (χ2v) is 11.8. The average molecular weight is 435 g/mol. The summed E-state index contributed by atoms with van der Waals surface area (Å²) in [4.78, 5) is 0. The second-order valence-electron chi connectivity index (χ2n) is 10.3. The number of phosphoric acid groups is 1. The second kappa shape index (κ2) is 15.8. The van der Waals surface area contributed by atoms with E-state index in [-0.39, 0.29) is 0 Å². The fourth-order valence-corrected chi connectivity index (χ4v) is 5.05. The normalized spacial score (nSPS) is 13.2. The zero-order chi connectivity index (χ0) is 22.2. The van der Waals surface area contributed by atoms with Crippen LogP contribution in [0.3, 0.4) is 0 Å². The summed E-state index contributed by atoms with van der Waals surface area (Å²) in [6.45, 7) is 13.9. The molecule has 0 amide bonds. The minimum atomic E-state index is -3.55. The number of phosphoric ester groups is 1. The molecule has 0 aliphatic heterocycles. The first-order valence-corrected chi connectivity index (χ1v) is 13.6.